The monoisotopic (exact) mass is 483 g/mol. The molecule has 0 saturated carbocycles. The Bertz CT molecular complexity index is 1030. The maximum absolute atomic E-state index is 12.3. The predicted octanol–water partition coefficient (Wildman–Crippen LogP) is 4.68. The average Bonchev–Trinajstić information content (AvgIpc) is 2.83. The number of para-hydroxylation sites is 1. The highest BCUT2D eigenvalue weighted by atomic mass is 16.5. The first kappa shape index (κ1) is 29.1. The van der Waals surface area contributed by atoms with Crippen molar-refractivity contribution in [3.05, 3.63) is 48.2 Å². The largest absolute Gasteiger partial charge is 0.494 e. The van der Waals surface area contributed by atoms with Crippen LogP contribution >= 0.6 is 0 Å². The van der Waals surface area contributed by atoms with E-state index in [1.165, 1.54) is 14.2 Å². The summed E-state index contributed by atoms with van der Waals surface area (Å²) in [6.07, 6.45) is 1.75. The summed E-state index contributed by atoms with van der Waals surface area (Å²) < 4.78 is 5.48. The summed E-state index contributed by atoms with van der Waals surface area (Å²) in [5, 5.41) is 24.3. The van der Waals surface area contributed by atoms with Crippen LogP contribution in [0.4, 0.5) is 22.0 Å². The molecule has 2 aromatic rings. The van der Waals surface area contributed by atoms with Gasteiger partial charge in [-0.2, -0.15) is 0 Å². The second kappa shape index (κ2) is 14.3. The lowest BCUT2D eigenvalue weighted by atomic mass is 10.0. The molecule has 0 atom stereocenters. The number of benzene rings is 1. The zero-order valence-corrected chi connectivity index (χ0v) is 21.7. The Morgan fingerprint density at radius 2 is 1.86 bits per heavy atom. The Hall–Kier alpha value is -3.95. The van der Waals surface area contributed by atoms with Crippen LogP contribution in [0.25, 0.3) is 0 Å². The first-order chi connectivity index (χ1) is 16.7. The van der Waals surface area contributed by atoms with Crippen LogP contribution in [0.1, 0.15) is 50.7 Å². The van der Waals surface area contributed by atoms with Gasteiger partial charge in [-0.15, -0.1) is 16.8 Å². The smallest absolute Gasteiger partial charge is 0.323 e. The number of allylic oxidation sites excluding steroid dienone is 1. The molecule has 1 aliphatic heterocycles. The van der Waals surface area contributed by atoms with Crippen molar-refractivity contribution in [2.45, 2.75) is 34.6 Å². The maximum atomic E-state index is 12.3. The van der Waals surface area contributed by atoms with Crippen LogP contribution < -0.4 is 20.7 Å². The van der Waals surface area contributed by atoms with Crippen molar-refractivity contribution in [3.8, 4) is 5.75 Å². The highest BCUT2D eigenvalue weighted by Crippen LogP contribution is 2.33. The second-order valence-corrected chi connectivity index (χ2v) is 7.56. The van der Waals surface area contributed by atoms with E-state index in [0.29, 0.717) is 47.4 Å². The number of likely N-dealkylation sites (tertiary alicyclic amines) is 1. The van der Waals surface area contributed by atoms with Crippen molar-refractivity contribution in [1.29, 1.82) is 5.41 Å². The number of urea groups is 1. The molecule has 1 fully saturated rings. The Morgan fingerprint density at radius 3 is 2.37 bits per heavy atom. The summed E-state index contributed by atoms with van der Waals surface area (Å²) in [4.78, 5) is 26.3. The number of amides is 3. The zero-order chi connectivity index (χ0) is 26.5. The van der Waals surface area contributed by atoms with Crippen molar-refractivity contribution >= 4 is 34.8 Å². The van der Waals surface area contributed by atoms with Crippen molar-refractivity contribution in [2.75, 3.05) is 37.9 Å². The van der Waals surface area contributed by atoms with Crippen molar-refractivity contribution < 1.29 is 14.3 Å². The summed E-state index contributed by atoms with van der Waals surface area (Å²) in [6.45, 7) is 14.4. The van der Waals surface area contributed by atoms with Crippen LogP contribution in [0.2, 0.25) is 0 Å². The van der Waals surface area contributed by atoms with Crippen LogP contribution in [0, 0.1) is 11.3 Å². The Morgan fingerprint density at radius 1 is 1.23 bits per heavy atom. The van der Waals surface area contributed by atoms with E-state index >= 15 is 0 Å². The highest BCUT2D eigenvalue weighted by Gasteiger charge is 2.27. The molecule has 10 nitrogen and oxygen atoms in total. The fraction of sp³-hybridized carbons (Fsp3) is 0.400. The van der Waals surface area contributed by atoms with Gasteiger partial charge in [-0.25, -0.2) is 4.79 Å². The SMILES string of the molecule is C=CC.CC.CNC(=O)c1nnc(NC(=O)N2CC(C)C2)cc1Nc1cccc(C(C)=N)c1OC. The Kier molecular flexibility index (Phi) is 11.9. The molecule has 0 spiro atoms. The quantitative estimate of drug-likeness (QED) is 0.348. The standard InChI is InChI=1S/C20H25N7O3.C3H6.C2H6/c1-11-9-27(10-11)20(29)24-16-8-15(17(26-25-16)19(28)22-3)23-14-7-5-6-13(12(2)21)18(14)30-4;1-3-2;1-2/h5-8,11,21H,9-10H2,1-4H3,(H,22,28)(H2,23,24,25,29);3H,1H2,2H3;1-2H3. The first-order valence-electron chi connectivity index (χ1n) is 11.5. The molecular weight excluding hydrogens is 446 g/mol. The summed E-state index contributed by atoms with van der Waals surface area (Å²) >= 11 is 0. The molecule has 3 amide bonds. The molecule has 1 aliphatic rings. The lowest BCUT2D eigenvalue weighted by Crippen LogP contribution is -2.50. The normalized spacial score (nSPS) is 11.9. The van der Waals surface area contributed by atoms with Crippen molar-refractivity contribution in [2.24, 2.45) is 5.92 Å². The molecule has 4 N–H and O–H groups in total. The highest BCUT2D eigenvalue weighted by molar-refractivity contribution is 6.02. The number of nitrogens with zero attached hydrogens (tertiary/aromatic N) is 3. The van der Waals surface area contributed by atoms with Gasteiger partial charge in [0.2, 0.25) is 0 Å². The lowest BCUT2D eigenvalue weighted by Gasteiger charge is -2.36. The molecular formula is C25H37N7O3. The first-order valence-corrected chi connectivity index (χ1v) is 11.5. The van der Waals surface area contributed by atoms with E-state index in [-0.39, 0.29) is 17.5 Å². The van der Waals surface area contributed by atoms with Gasteiger partial charge in [0.25, 0.3) is 5.91 Å². The van der Waals surface area contributed by atoms with Gasteiger partial charge in [0.05, 0.1) is 18.5 Å². The van der Waals surface area contributed by atoms with Crippen LogP contribution in [-0.2, 0) is 0 Å². The predicted molar refractivity (Wildman–Crippen MR) is 141 cm³/mol. The molecule has 3 rings (SSSR count). The number of rotatable bonds is 6. The van der Waals surface area contributed by atoms with Gasteiger partial charge in [0.15, 0.2) is 17.3 Å². The Labute approximate surface area is 207 Å². The number of carbonyl (C=O) groups is 2. The second-order valence-electron chi connectivity index (χ2n) is 7.56. The number of ether oxygens (including phenoxy) is 1. The van der Waals surface area contributed by atoms with Gasteiger partial charge in [-0.1, -0.05) is 32.9 Å². The van der Waals surface area contributed by atoms with E-state index < -0.39 is 5.91 Å². The van der Waals surface area contributed by atoms with Crippen LogP contribution in [0.3, 0.4) is 0 Å². The maximum Gasteiger partial charge on any atom is 0.323 e. The minimum atomic E-state index is -0.433. The summed E-state index contributed by atoms with van der Waals surface area (Å²) in [6, 6.07) is 6.60. The molecule has 0 bridgehead atoms. The van der Waals surface area contributed by atoms with E-state index in [0.717, 1.165) is 0 Å². The van der Waals surface area contributed by atoms with Crippen molar-refractivity contribution in [1.82, 2.24) is 20.4 Å². The molecule has 190 valence electrons. The minimum Gasteiger partial charge on any atom is -0.494 e. The summed E-state index contributed by atoms with van der Waals surface area (Å²) in [5.74, 6) is 0.724. The number of carbonyl (C=O) groups excluding carboxylic acids is 2. The van der Waals surface area contributed by atoms with Gasteiger partial charge in [0, 0.05) is 37.5 Å². The van der Waals surface area contributed by atoms with E-state index in [2.05, 4.69) is 39.7 Å². The third-order valence-electron chi connectivity index (χ3n) is 4.71. The molecule has 35 heavy (non-hydrogen) atoms. The molecule has 2 heterocycles. The van der Waals surface area contributed by atoms with Gasteiger partial charge in [0.1, 0.15) is 0 Å². The molecule has 0 aliphatic carbocycles. The Balaban J connectivity index is 0.00000114. The number of aromatic nitrogens is 2. The molecule has 1 aromatic carbocycles. The third kappa shape index (κ3) is 7.80. The lowest BCUT2D eigenvalue weighted by molar-refractivity contribution is 0.0958. The van der Waals surface area contributed by atoms with Gasteiger partial charge in [-0.3, -0.25) is 10.1 Å². The van der Waals surface area contributed by atoms with E-state index in [9.17, 15) is 9.59 Å². The van der Waals surface area contributed by atoms with Crippen LogP contribution in [0.5, 0.6) is 5.75 Å². The number of hydrogen-bond acceptors (Lipinski definition) is 7. The van der Waals surface area contributed by atoms with Gasteiger partial charge in [-0.05, 0) is 31.9 Å². The van der Waals surface area contributed by atoms with Crippen LogP contribution in [0.15, 0.2) is 36.9 Å². The topological polar surface area (TPSA) is 132 Å². The number of anilines is 3. The van der Waals surface area contributed by atoms with Gasteiger partial charge < -0.3 is 25.7 Å². The molecule has 0 unspecified atom stereocenters. The molecule has 1 aromatic heterocycles. The van der Waals surface area contributed by atoms with E-state index in [4.69, 9.17) is 10.1 Å². The minimum absolute atomic E-state index is 0.0621. The summed E-state index contributed by atoms with van der Waals surface area (Å²) in [7, 11) is 3.01. The third-order valence-corrected chi connectivity index (χ3v) is 4.71. The molecule has 10 heteroatoms. The van der Waals surface area contributed by atoms with E-state index in [1.807, 2.05) is 20.8 Å². The van der Waals surface area contributed by atoms with Crippen LogP contribution in [-0.4, -0.2) is 60.0 Å². The number of hydrogen-bond donors (Lipinski definition) is 4. The molecule has 0 radical (unpaired) electrons. The fourth-order valence-corrected chi connectivity index (χ4v) is 3.18. The summed E-state index contributed by atoms with van der Waals surface area (Å²) in [5.41, 5.74) is 1.91. The number of nitrogens with one attached hydrogen (secondary N) is 4. The van der Waals surface area contributed by atoms with Gasteiger partial charge >= 0.3 is 6.03 Å². The zero-order valence-electron chi connectivity index (χ0n) is 21.7. The van der Waals surface area contributed by atoms with E-state index in [1.54, 1.807) is 42.2 Å². The fourth-order valence-electron chi connectivity index (χ4n) is 3.18. The van der Waals surface area contributed by atoms with Crippen molar-refractivity contribution in [3.63, 3.8) is 0 Å². The molecule has 1 saturated heterocycles. The average molecular weight is 484 g/mol. The number of methoxy groups -OCH3 is 1.